The first-order chi connectivity index (χ1) is 12.1. The molecular formula is C19H37NO5. The predicted octanol–water partition coefficient (Wildman–Crippen LogP) is 2.83. The van der Waals surface area contributed by atoms with Crippen LogP contribution in [0.2, 0.25) is 0 Å². The molecule has 0 aromatic heterocycles. The van der Waals surface area contributed by atoms with E-state index in [2.05, 4.69) is 0 Å². The SMILES string of the molecule is NC(=O)CCCCCCCCCCCCCCC(=O)OCC(O)CO. The number of amides is 1. The molecule has 0 saturated heterocycles. The molecule has 1 unspecified atom stereocenters. The van der Waals surface area contributed by atoms with Crippen LogP contribution in [0.5, 0.6) is 0 Å². The summed E-state index contributed by atoms with van der Waals surface area (Å²) in [5.41, 5.74) is 5.10. The van der Waals surface area contributed by atoms with Gasteiger partial charge in [-0.05, 0) is 12.8 Å². The van der Waals surface area contributed by atoms with E-state index in [-0.39, 0.29) is 25.1 Å². The summed E-state index contributed by atoms with van der Waals surface area (Å²) in [6.07, 6.45) is 13.6. The molecule has 0 aliphatic rings. The highest BCUT2D eigenvalue weighted by Crippen LogP contribution is 2.13. The van der Waals surface area contributed by atoms with Crippen LogP contribution in [-0.4, -0.2) is 41.4 Å². The molecule has 0 rings (SSSR count). The fourth-order valence-electron chi connectivity index (χ4n) is 2.65. The second-order valence-electron chi connectivity index (χ2n) is 6.73. The number of rotatable bonds is 18. The molecule has 1 amide bonds. The number of aliphatic hydroxyl groups is 2. The van der Waals surface area contributed by atoms with Gasteiger partial charge in [0.2, 0.25) is 5.91 Å². The highest BCUT2D eigenvalue weighted by Gasteiger charge is 2.07. The van der Waals surface area contributed by atoms with E-state index in [0.717, 1.165) is 32.1 Å². The monoisotopic (exact) mass is 359 g/mol. The maximum Gasteiger partial charge on any atom is 0.305 e. The van der Waals surface area contributed by atoms with Gasteiger partial charge in [0.05, 0.1) is 6.61 Å². The average molecular weight is 360 g/mol. The summed E-state index contributed by atoms with van der Waals surface area (Å²) in [5, 5.41) is 17.7. The van der Waals surface area contributed by atoms with Crippen molar-refractivity contribution in [3.63, 3.8) is 0 Å². The average Bonchev–Trinajstić information content (AvgIpc) is 2.59. The van der Waals surface area contributed by atoms with E-state index < -0.39 is 6.10 Å². The minimum atomic E-state index is -0.973. The van der Waals surface area contributed by atoms with E-state index in [1.807, 2.05) is 0 Å². The number of carbonyl (C=O) groups excluding carboxylic acids is 2. The zero-order valence-electron chi connectivity index (χ0n) is 15.6. The Labute approximate surface area is 152 Å². The molecule has 6 nitrogen and oxygen atoms in total. The van der Waals surface area contributed by atoms with Crippen LogP contribution in [-0.2, 0) is 14.3 Å². The molecule has 1 atom stereocenters. The topological polar surface area (TPSA) is 110 Å². The van der Waals surface area contributed by atoms with Crippen LogP contribution in [0.25, 0.3) is 0 Å². The molecule has 0 saturated carbocycles. The molecule has 0 radical (unpaired) electrons. The van der Waals surface area contributed by atoms with Gasteiger partial charge in [-0.25, -0.2) is 0 Å². The van der Waals surface area contributed by atoms with Crippen LogP contribution >= 0.6 is 0 Å². The quantitative estimate of drug-likeness (QED) is 0.257. The van der Waals surface area contributed by atoms with Crippen LogP contribution in [0.4, 0.5) is 0 Å². The maximum absolute atomic E-state index is 11.4. The Morgan fingerprint density at radius 1 is 0.760 bits per heavy atom. The zero-order valence-corrected chi connectivity index (χ0v) is 15.6. The molecule has 6 heteroatoms. The molecule has 0 aliphatic heterocycles. The second kappa shape index (κ2) is 17.7. The highest BCUT2D eigenvalue weighted by molar-refractivity contribution is 5.73. The molecule has 0 aromatic carbocycles. The second-order valence-corrected chi connectivity index (χ2v) is 6.73. The number of aliphatic hydroxyl groups excluding tert-OH is 2. The minimum Gasteiger partial charge on any atom is -0.463 e. The zero-order chi connectivity index (χ0) is 18.8. The third kappa shape index (κ3) is 19.0. The Morgan fingerprint density at radius 2 is 1.16 bits per heavy atom. The van der Waals surface area contributed by atoms with Crippen molar-refractivity contribution in [2.45, 2.75) is 96.0 Å². The lowest BCUT2D eigenvalue weighted by molar-refractivity contribution is -0.147. The molecule has 25 heavy (non-hydrogen) atoms. The van der Waals surface area contributed by atoms with Crippen LogP contribution in [0.3, 0.4) is 0 Å². The fourth-order valence-corrected chi connectivity index (χ4v) is 2.65. The van der Waals surface area contributed by atoms with Crippen molar-refractivity contribution in [1.82, 2.24) is 0 Å². The number of ether oxygens (including phenoxy) is 1. The Kier molecular flexibility index (Phi) is 16.9. The summed E-state index contributed by atoms with van der Waals surface area (Å²) in [5.74, 6) is -0.499. The van der Waals surface area contributed by atoms with Crippen molar-refractivity contribution in [3.8, 4) is 0 Å². The van der Waals surface area contributed by atoms with Crippen LogP contribution in [0.1, 0.15) is 89.9 Å². The molecule has 0 bridgehead atoms. The molecule has 4 N–H and O–H groups in total. The van der Waals surface area contributed by atoms with Crippen molar-refractivity contribution < 1.29 is 24.5 Å². The lowest BCUT2D eigenvalue weighted by atomic mass is 10.0. The third-order valence-electron chi connectivity index (χ3n) is 4.20. The number of primary amides is 1. The summed E-state index contributed by atoms with van der Waals surface area (Å²) in [7, 11) is 0. The third-order valence-corrected chi connectivity index (χ3v) is 4.20. The summed E-state index contributed by atoms with van der Waals surface area (Å²) in [6.45, 7) is -0.511. The Bertz CT molecular complexity index is 336. The van der Waals surface area contributed by atoms with Crippen molar-refractivity contribution >= 4 is 11.9 Å². The van der Waals surface area contributed by atoms with Crippen molar-refractivity contribution in [2.75, 3.05) is 13.2 Å². The van der Waals surface area contributed by atoms with E-state index in [0.29, 0.717) is 12.8 Å². The van der Waals surface area contributed by atoms with Crippen molar-refractivity contribution in [1.29, 1.82) is 0 Å². The number of unbranched alkanes of at least 4 members (excludes halogenated alkanes) is 11. The lowest BCUT2D eigenvalue weighted by Gasteiger charge is -2.08. The van der Waals surface area contributed by atoms with Gasteiger partial charge in [-0.3, -0.25) is 9.59 Å². The molecular weight excluding hydrogens is 322 g/mol. The van der Waals surface area contributed by atoms with Gasteiger partial charge in [-0.2, -0.15) is 0 Å². The number of carbonyl (C=O) groups is 2. The van der Waals surface area contributed by atoms with Crippen LogP contribution in [0, 0.1) is 0 Å². The standard InChI is InChI=1S/C19H37NO5/c20-18(23)13-11-9-7-5-3-1-2-4-6-8-10-12-14-19(24)25-16-17(22)15-21/h17,21-22H,1-16H2,(H2,20,23). The van der Waals surface area contributed by atoms with Crippen molar-refractivity contribution in [2.24, 2.45) is 5.73 Å². The molecule has 0 aliphatic carbocycles. The van der Waals surface area contributed by atoms with Crippen LogP contribution in [0.15, 0.2) is 0 Å². The number of hydrogen-bond acceptors (Lipinski definition) is 5. The fraction of sp³-hybridized carbons (Fsp3) is 0.895. The van der Waals surface area contributed by atoms with Gasteiger partial charge < -0.3 is 20.7 Å². The maximum atomic E-state index is 11.4. The number of hydrogen-bond donors (Lipinski definition) is 3. The van der Waals surface area contributed by atoms with E-state index in [9.17, 15) is 9.59 Å². The van der Waals surface area contributed by atoms with Gasteiger partial charge in [-0.15, -0.1) is 0 Å². The van der Waals surface area contributed by atoms with E-state index in [4.69, 9.17) is 20.7 Å². The Morgan fingerprint density at radius 3 is 1.56 bits per heavy atom. The predicted molar refractivity (Wildman–Crippen MR) is 97.9 cm³/mol. The van der Waals surface area contributed by atoms with Crippen molar-refractivity contribution in [3.05, 3.63) is 0 Å². The van der Waals surface area contributed by atoms with Gasteiger partial charge in [0.25, 0.3) is 0 Å². The summed E-state index contributed by atoms with van der Waals surface area (Å²) >= 11 is 0. The first kappa shape index (κ1) is 23.9. The number of esters is 1. The van der Waals surface area contributed by atoms with Gasteiger partial charge in [-0.1, -0.05) is 64.2 Å². The first-order valence-corrected chi connectivity index (χ1v) is 9.79. The van der Waals surface area contributed by atoms with Gasteiger partial charge in [0, 0.05) is 12.8 Å². The molecule has 0 spiro atoms. The van der Waals surface area contributed by atoms with E-state index in [1.54, 1.807) is 0 Å². The number of nitrogens with two attached hydrogens (primary N) is 1. The van der Waals surface area contributed by atoms with Gasteiger partial charge >= 0.3 is 5.97 Å². The molecule has 0 aromatic rings. The molecule has 0 fully saturated rings. The largest absolute Gasteiger partial charge is 0.463 e. The minimum absolute atomic E-state index is 0.125. The normalized spacial score (nSPS) is 12.1. The van der Waals surface area contributed by atoms with Gasteiger partial charge in [0.15, 0.2) is 0 Å². The summed E-state index contributed by atoms with van der Waals surface area (Å²) in [4.78, 5) is 21.9. The molecule has 0 heterocycles. The van der Waals surface area contributed by atoms with Crippen LogP contribution < -0.4 is 5.73 Å². The molecule has 148 valence electrons. The first-order valence-electron chi connectivity index (χ1n) is 9.79. The van der Waals surface area contributed by atoms with E-state index in [1.165, 1.54) is 44.9 Å². The lowest BCUT2D eigenvalue weighted by Crippen LogP contribution is -2.21. The Balaban J connectivity index is 3.16. The highest BCUT2D eigenvalue weighted by atomic mass is 16.5. The summed E-state index contributed by atoms with van der Waals surface area (Å²) in [6, 6.07) is 0. The Hall–Kier alpha value is -1.14. The van der Waals surface area contributed by atoms with E-state index >= 15 is 0 Å². The summed E-state index contributed by atoms with van der Waals surface area (Å²) < 4.78 is 4.84. The smallest absolute Gasteiger partial charge is 0.305 e. The van der Waals surface area contributed by atoms with Gasteiger partial charge in [0.1, 0.15) is 12.7 Å².